The van der Waals surface area contributed by atoms with Crippen LogP contribution in [0.4, 0.5) is 5.69 Å². The van der Waals surface area contributed by atoms with Crippen LogP contribution in [-0.2, 0) is 21.5 Å². The van der Waals surface area contributed by atoms with E-state index in [2.05, 4.69) is 31.1 Å². The number of anilines is 1. The highest BCUT2D eigenvalue weighted by molar-refractivity contribution is 5.97. The fourth-order valence-electron chi connectivity index (χ4n) is 3.09. The summed E-state index contributed by atoms with van der Waals surface area (Å²) in [6, 6.07) is 13.5. The Morgan fingerprint density at radius 3 is 2.54 bits per heavy atom. The van der Waals surface area contributed by atoms with E-state index in [4.69, 9.17) is 0 Å². The number of aromatic nitrogens is 1. The molecule has 136 valence electrons. The van der Waals surface area contributed by atoms with Crippen molar-refractivity contribution in [2.75, 3.05) is 11.9 Å². The molecule has 1 saturated heterocycles. The molecule has 2 heterocycles. The number of hydrogen-bond donors (Lipinski definition) is 1. The van der Waals surface area contributed by atoms with Gasteiger partial charge in [-0.1, -0.05) is 39.0 Å². The maximum Gasteiger partial charge on any atom is 0.229 e. The third-order valence-electron chi connectivity index (χ3n) is 4.68. The zero-order valence-electron chi connectivity index (χ0n) is 15.5. The van der Waals surface area contributed by atoms with Crippen LogP contribution in [0.25, 0.3) is 0 Å². The zero-order valence-corrected chi connectivity index (χ0v) is 15.5. The minimum atomic E-state index is -0.325. The van der Waals surface area contributed by atoms with E-state index in [1.807, 2.05) is 42.5 Å². The van der Waals surface area contributed by atoms with Crippen LogP contribution in [0.15, 0.2) is 48.7 Å². The molecular weight excluding hydrogens is 326 g/mol. The van der Waals surface area contributed by atoms with Gasteiger partial charge < -0.3 is 10.2 Å². The zero-order chi connectivity index (χ0) is 18.7. The van der Waals surface area contributed by atoms with Gasteiger partial charge in [0.15, 0.2) is 0 Å². The molecule has 0 spiro atoms. The third-order valence-corrected chi connectivity index (χ3v) is 4.68. The average molecular weight is 351 g/mol. The van der Waals surface area contributed by atoms with Crippen LogP contribution in [0, 0.1) is 5.92 Å². The molecule has 1 atom stereocenters. The number of rotatable bonds is 4. The van der Waals surface area contributed by atoms with Gasteiger partial charge in [0, 0.05) is 24.8 Å². The summed E-state index contributed by atoms with van der Waals surface area (Å²) in [5.41, 5.74) is 2.89. The molecule has 0 bridgehead atoms. The van der Waals surface area contributed by atoms with Crippen LogP contribution in [0.5, 0.6) is 0 Å². The molecule has 26 heavy (non-hydrogen) atoms. The quantitative estimate of drug-likeness (QED) is 0.919. The summed E-state index contributed by atoms with van der Waals surface area (Å²) in [5, 5.41) is 2.93. The summed E-state index contributed by atoms with van der Waals surface area (Å²) in [7, 11) is 0. The predicted molar refractivity (Wildman–Crippen MR) is 102 cm³/mol. The largest absolute Gasteiger partial charge is 0.336 e. The first-order valence-electron chi connectivity index (χ1n) is 8.92. The first-order chi connectivity index (χ1) is 12.3. The lowest BCUT2D eigenvalue weighted by Crippen LogP contribution is -2.28. The van der Waals surface area contributed by atoms with Gasteiger partial charge in [-0.05, 0) is 35.2 Å². The summed E-state index contributed by atoms with van der Waals surface area (Å²) >= 11 is 0. The molecule has 0 unspecified atom stereocenters. The molecule has 1 aliphatic rings. The van der Waals surface area contributed by atoms with E-state index in [0.29, 0.717) is 13.1 Å². The summed E-state index contributed by atoms with van der Waals surface area (Å²) in [6.07, 6.45) is 1.96. The molecular formula is C21H25N3O2. The van der Waals surface area contributed by atoms with Crippen LogP contribution in [0.3, 0.4) is 0 Å². The Bertz CT molecular complexity index is 779. The Labute approximate surface area is 154 Å². The Hall–Kier alpha value is -2.69. The lowest BCUT2D eigenvalue weighted by Gasteiger charge is -2.19. The number of amides is 2. The number of benzene rings is 1. The number of carbonyl (C=O) groups excluding carboxylic acids is 2. The molecule has 1 aromatic heterocycles. The molecule has 2 amide bonds. The lowest BCUT2D eigenvalue weighted by atomic mass is 9.87. The normalized spacial score (nSPS) is 17.4. The SMILES string of the molecule is CC(C)(C)c1ccc(NC(=O)[C@@H]2CC(=O)N(Cc3ccccn3)C2)cc1. The first kappa shape index (κ1) is 18.1. The lowest BCUT2D eigenvalue weighted by molar-refractivity contribution is -0.128. The molecule has 3 rings (SSSR count). The Balaban J connectivity index is 1.59. The van der Waals surface area contributed by atoms with Gasteiger partial charge >= 0.3 is 0 Å². The second-order valence-electron chi connectivity index (χ2n) is 7.81. The highest BCUT2D eigenvalue weighted by Gasteiger charge is 2.34. The van der Waals surface area contributed by atoms with Crippen molar-refractivity contribution >= 4 is 17.5 Å². The monoisotopic (exact) mass is 351 g/mol. The number of nitrogens with one attached hydrogen (secondary N) is 1. The van der Waals surface area contributed by atoms with Gasteiger partial charge in [-0.2, -0.15) is 0 Å². The van der Waals surface area contributed by atoms with E-state index < -0.39 is 0 Å². The van der Waals surface area contributed by atoms with Crippen molar-refractivity contribution in [2.24, 2.45) is 5.92 Å². The first-order valence-corrected chi connectivity index (χ1v) is 8.92. The maximum absolute atomic E-state index is 12.5. The molecule has 0 saturated carbocycles. The summed E-state index contributed by atoms with van der Waals surface area (Å²) < 4.78 is 0. The fraction of sp³-hybridized carbons (Fsp3) is 0.381. The van der Waals surface area contributed by atoms with Gasteiger partial charge in [-0.25, -0.2) is 0 Å². The fourth-order valence-corrected chi connectivity index (χ4v) is 3.09. The Morgan fingerprint density at radius 2 is 1.92 bits per heavy atom. The third kappa shape index (κ3) is 4.28. The Morgan fingerprint density at radius 1 is 1.19 bits per heavy atom. The predicted octanol–water partition coefficient (Wildman–Crippen LogP) is 3.37. The molecule has 1 aliphatic heterocycles. The van der Waals surface area contributed by atoms with Gasteiger partial charge in [0.1, 0.15) is 0 Å². The highest BCUT2D eigenvalue weighted by atomic mass is 16.2. The van der Waals surface area contributed by atoms with Crippen molar-refractivity contribution in [3.05, 3.63) is 59.9 Å². The topological polar surface area (TPSA) is 62.3 Å². The highest BCUT2D eigenvalue weighted by Crippen LogP contribution is 2.25. The van der Waals surface area contributed by atoms with E-state index in [1.165, 1.54) is 5.56 Å². The summed E-state index contributed by atoms with van der Waals surface area (Å²) in [4.78, 5) is 30.7. The van der Waals surface area contributed by atoms with Gasteiger partial charge in [-0.15, -0.1) is 0 Å². The van der Waals surface area contributed by atoms with Crippen LogP contribution < -0.4 is 5.32 Å². The van der Waals surface area contributed by atoms with E-state index in [9.17, 15) is 9.59 Å². The molecule has 0 radical (unpaired) electrons. The van der Waals surface area contributed by atoms with Crippen LogP contribution in [-0.4, -0.2) is 28.2 Å². The second kappa shape index (κ2) is 7.28. The van der Waals surface area contributed by atoms with Crippen molar-refractivity contribution in [2.45, 2.75) is 39.2 Å². The molecule has 5 nitrogen and oxygen atoms in total. The number of hydrogen-bond acceptors (Lipinski definition) is 3. The van der Waals surface area contributed by atoms with Gasteiger partial charge in [0.25, 0.3) is 0 Å². The Kier molecular flexibility index (Phi) is 5.07. The van der Waals surface area contributed by atoms with Gasteiger partial charge in [-0.3, -0.25) is 14.6 Å². The smallest absolute Gasteiger partial charge is 0.229 e. The number of pyridine rings is 1. The maximum atomic E-state index is 12.5. The minimum Gasteiger partial charge on any atom is -0.336 e. The van der Waals surface area contributed by atoms with E-state index >= 15 is 0 Å². The van der Waals surface area contributed by atoms with Crippen molar-refractivity contribution < 1.29 is 9.59 Å². The van der Waals surface area contributed by atoms with E-state index in [-0.39, 0.29) is 29.6 Å². The average Bonchev–Trinajstić information content (AvgIpc) is 2.96. The minimum absolute atomic E-state index is 0.00103. The van der Waals surface area contributed by atoms with Crippen molar-refractivity contribution in [3.8, 4) is 0 Å². The van der Waals surface area contributed by atoms with Crippen LogP contribution in [0.1, 0.15) is 38.4 Å². The van der Waals surface area contributed by atoms with E-state index in [1.54, 1.807) is 11.1 Å². The molecule has 1 N–H and O–H groups in total. The summed E-state index contributed by atoms with van der Waals surface area (Å²) in [6.45, 7) is 7.34. The van der Waals surface area contributed by atoms with Crippen LogP contribution >= 0.6 is 0 Å². The van der Waals surface area contributed by atoms with Crippen LogP contribution in [0.2, 0.25) is 0 Å². The van der Waals surface area contributed by atoms with Crippen molar-refractivity contribution in [1.82, 2.24) is 9.88 Å². The second-order valence-corrected chi connectivity index (χ2v) is 7.81. The molecule has 2 aromatic rings. The van der Waals surface area contributed by atoms with Crippen molar-refractivity contribution in [1.29, 1.82) is 0 Å². The van der Waals surface area contributed by atoms with Gasteiger partial charge in [0.2, 0.25) is 11.8 Å². The number of nitrogens with zero attached hydrogens (tertiary/aromatic N) is 2. The molecule has 0 aliphatic carbocycles. The molecule has 1 fully saturated rings. The van der Waals surface area contributed by atoms with E-state index in [0.717, 1.165) is 11.4 Å². The molecule has 1 aromatic carbocycles. The standard InChI is InChI=1S/C21H25N3O2/c1-21(2,3)16-7-9-17(10-8-16)23-20(26)15-12-19(25)24(13-15)14-18-6-4-5-11-22-18/h4-11,15H,12-14H2,1-3H3,(H,23,26)/t15-/m1/s1. The van der Waals surface area contributed by atoms with Gasteiger partial charge in [0.05, 0.1) is 18.2 Å². The summed E-state index contributed by atoms with van der Waals surface area (Å²) in [5.74, 6) is -0.433. The van der Waals surface area contributed by atoms with Crippen molar-refractivity contribution in [3.63, 3.8) is 0 Å². The molecule has 5 heteroatoms. The number of carbonyl (C=O) groups is 2. The number of likely N-dealkylation sites (tertiary alicyclic amines) is 1.